The first-order valence-corrected chi connectivity index (χ1v) is 8.99. The third-order valence-electron chi connectivity index (χ3n) is 4.92. The lowest BCUT2D eigenvalue weighted by Crippen LogP contribution is -2.38. The molecule has 28 heavy (non-hydrogen) atoms. The van der Waals surface area contributed by atoms with E-state index in [2.05, 4.69) is 15.2 Å². The first kappa shape index (κ1) is 17.8. The van der Waals surface area contributed by atoms with E-state index in [9.17, 15) is 14.9 Å². The Labute approximate surface area is 160 Å². The van der Waals surface area contributed by atoms with E-state index >= 15 is 0 Å². The summed E-state index contributed by atoms with van der Waals surface area (Å²) < 4.78 is 0. The van der Waals surface area contributed by atoms with Crippen LogP contribution in [0.2, 0.25) is 0 Å². The summed E-state index contributed by atoms with van der Waals surface area (Å²) in [6.45, 7) is 0.982. The number of carbonyl (C=O) groups is 1. The SMILES string of the molecule is O=C(c1cn[nH]c1[N+](=O)[O-])N1CCC(c2nccc(-c3ccccc3)n2)CC1. The molecular formula is C19H18N6O3. The van der Waals surface area contributed by atoms with Crippen LogP contribution >= 0.6 is 0 Å². The van der Waals surface area contributed by atoms with Crippen LogP contribution in [0.4, 0.5) is 5.82 Å². The Morgan fingerprint density at radius 2 is 1.93 bits per heavy atom. The van der Waals surface area contributed by atoms with Gasteiger partial charge in [-0.05, 0) is 23.8 Å². The first-order valence-electron chi connectivity index (χ1n) is 8.99. The summed E-state index contributed by atoms with van der Waals surface area (Å²) in [6, 6.07) is 11.8. The van der Waals surface area contributed by atoms with E-state index in [1.807, 2.05) is 36.4 Å². The van der Waals surface area contributed by atoms with Gasteiger partial charge in [0, 0.05) is 30.8 Å². The van der Waals surface area contributed by atoms with E-state index in [1.54, 1.807) is 11.1 Å². The Morgan fingerprint density at radius 3 is 2.64 bits per heavy atom. The molecule has 0 radical (unpaired) electrons. The first-order chi connectivity index (χ1) is 13.6. The number of likely N-dealkylation sites (tertiary alicyclic amines) is 1. The summed E-state index contributed by atoms with van der Waals surface area (Å²) in [4.78, 5) is 33.7. The molecule has 0 spiro atoms. The van der Waals surface area contributed by atoms with Crippen LogP contribution in [0.25, 0.3) is 11.3 Å². The van der Waals surface area contributed by atoms with Crippen molar-refractivity contribution >= 4 is 11.7 Å². The maximum Gasteiger partial charge on any atom is 0.355 e. The number of hydrogen-bond donors (Lipinski definition) is 1. The van der Waals surface area contributed by atoms with Gasteiger partial charge in [0.25, 0.3) is 5.91 Å². The number of hydrogen-bond acceptors (Lipinski definition) is 6. The third-order valence-corrected chi connectivity index (χ3v) is 4.92. The minimum Gasteiger partial charge on any atom is -0.358 e. The number of aromatic nitrogens is 4. The van der Waals surface area contributed by atoms with Crippen molar-refractivity contribution in [3.63, 3.8) is 0 Å². The van der Waals surface area contributed by atoms with Crippen molar-refractivity contribution in [3.8, 4) is 11.3 Å². The summed E-state index contributed by atoms with van der Waals surface area (Å²) in [5.41, 5.74) is 1.90. The minimum absolute atomic E-state index is 0.00854. The average molecular weight is 378 g/mol. The molecule has 1 N–H and O–H groups in total. The quantitative estimate of drug-likeness (QED) is 0.551. The van der Waals surface area contributed by atoms with E-state index in [0.717, 1.165) is 17.1 Å². The Balaban J connectivity index is 1.45. The zero-order valence-corrected chi connectivity index (χ0v) is 15.0. The predicted octanol–water partition coefficient (Wildman–Crippen LogP) is 2.79. The molecule has 3 aromatic rings. The van der Waals surface area contributed by atoms with Crippen LogP contribution < -0.4 is 0 Å². The molecule has 4 rings (SSSR count). The maximum atomic E-state index is 12.6. The van der Waals surface area contributed by atoms with Gasteiger partial charge in [-0.3, -0.25) is 4.79 Å². The number of amides is 1. The Hall–Kier alpha value is -3.62. The van der Waals surface area contributed by atoms with E-state index in [0.29, 0.717) is 25.9 Å². The number of nitrogens with one attached hydrogen (secondary N) is 1. The number of nitro groups is 1. The van der Waals surface area contributed by atoms with Gasteiger partial charge in [-0.15, -0.1) is 5.10 Å². The number of H-pyrrole nitrogens is 1. The highest BCUT2D eigenvalue weighted by molar-refractivity contribution is 5.97. The average Bonchev–Trinajstić information content (AvgIpc) is 3.24. The summed E-state index contributed by atoms with van der Waals surface area (Å²) in [7, 11) is 0. The molecule has 0 atom stereocenters. The zero-order chi connectivity index (χ0) is 19.5. The van der Waals surface area contributed by atoms with Gasteiger partial charge < -0.3 is 15.0 Å². The molecule has 1 aliphatic heterocycles. The van der Waals surface area contributed by atoms with Gasteiger partial charge in [0.1, 0.15) is 5.82 Å². The molecule has 0 saturated carbocycles. The number of nitrogens with zero attached hydrogens (tertiary/aromatic N) is 5. The molecule has 0 unspecified atom stereocenters. The molecule has 1 aliphatic rings. The van der Waals surface area contributed by atoms with Crippen LogP contribution in [0.5, 0.6) is 0 Å². The van der Waals surface area contributed by atoms with Crippen molar-refractivity contribution in [2.45, 2.75) is 18.8 Å². The van der Waals surface area contributed by atoms with Crippen molar-refractivity contribution in [1.82, 2.24) is 25.1 Å². The van der Waals surface area contributed by atoms with Crippen LogP contribution in [-0.4, -0.2) is 49.0 Å². The molecular weight excluding hydrogens is 360 g/mol. The monoisotopic (exact) mass is 378 g/mol. The van der Waals surface area contributed by atoms with Crippen LogP contribution in [-0.2, 0) is 0 Å². The second-order valence-corrected chi connectivity index (χ2v) is 6.62. The maximum absolute atomic E-state index is 12.6. The van der Waals surface area contributed by atoms with Crippen LogP contribution in [0.15, 0.2) is 48.8 Å². The van der Waals surface area contributed by atoms with Gasteiger partial charge >= 0.3 is 5.82 Å². The summed E-state index contributed by atoms with van der Waals surface area (Å²) in [6.07, 6.45) is 4.38. The molecule has 1 aromatic carbocycles. The number of aromatic amines is 1. The van der Waals surface area contributed by atoms with Crippen LogP contribution in [0.3, 0.4) is 0 Å². The third kappa shape index (κ3) is 3.46. The molecule has 0 bridgehead atoms. The van der Waals surface area contributed by atoms with Gasteiger partial charge in [0.2, 0.25) is 0 Å². The van der Waals surface area contributed by atoms with Crippen molar-refractivity contribution < 1.29 is 9.72 Å². The number of rotatable bonds is 4. The standard InChI is InChI=1S/C19H18N6O3/c26-19(15-12-21-23-18(15)25(27)28)24-10-7-14(8-11-24)17-20-9-6-16(22-17)13-4-2-1-3-5-13/h1-6,9,12,14H,7-8,10-11H2,(H,21,23). The van der Waals surface area contributed by atoms with Crippen LogP contribution in [0.1, 0.15) is 34.9 Å². The Bertz CT molecular complexity index is 996. The van der Waals surface area contributed by atoms with E-state index in [-0.39, 0.29) is 23.2 Å². The summed E-state index contributed by atoms with van der Waals surface area (Å²) >= 11 is 0. The van der Waals surface area contributed by atoms with Gasteiger partial charge in [-0.1, -0.05) is 35.4 Å². The van der Waals surface area contributed by atoms with E-state index < -0.39 is 4.92 Å². The smallest absolute Gasteiger partial charge is 0.355 e. The lowest BCUT2D eigenvalue weighted by atomic mass is 9.95. The molecule has 1 amide bonds. The molecule has 1 fully saturated rings. The molecule has 9 heteroatoms. The van der Waals surface area contributed by atoms with Crippen LogP contribution in [0, 0.1) is 10.1 Å². The van der Waals surface area contributed by atoms with Gasteiger partial charge in [0.05, 0.1) is 11.9 Å². The van der Waals surface area contributed by atoms with E-state index in [4.69, 9.17) is 4.98 Å². The van der Waals surface area contributed by atoms with Crippen molar-refractivity contribution in [1.29, 1.82) is 0 Å². The Morgan fingerprint density at radius 1 is 1.18 bits per heavy atom. The van der Waals surface area contributed by atoms with Gasteiger partial charge in [-0.2, -0.15) is 0 Å². The largest absolute Gasteiger partial charge is 0.358 e. The van der Waals surface area contributed by atoms with E-state index in [1.165, 1.54) is 6.20 Å². The normalized spacial score (nSPS) is 14.8. The minimum atomic E-state index is -0.629. The molecule has 142 valence electrons. The second kappa shape index (κ2) is 7.55. The van der Waals surface area contributed by atoms with Crippen molar-refractivity contribution in [2.24, 2.45) is 0 Å². The fourth-order valence-corrected chi connectivity index (χ4v) is 3.43. The van der Waals surface area contributed by atoms with Crippen molar-refractivity contribution in [3.05, 3.63) is 70.3 Å². The zero-order valence-electron chi connectivity index (χ0n) is 15.0. The summed E-state index contributed by atoms with van der Waals surface area (Å²) in [5, 5.41) is 16.9. The summed E-state index contributed by atoms with van der Waals surface area (Å²) in [5.74, 6) is 0.165. The number of carbonyl (C=O) groups excluding carboxylic acids is 1. The Kier molecular flexibility index (Phi) is 4.79. The fraction of sp³-hybridized carbons (Fsp3) is 0.263. The lowest BCUT2D eigenvalue weighted by Gasteiger charge is -2.31. The molecule has 3 heterocycles. The second-order valence-electron chi connectivity index (χ2n) is 6.62. The van der Waals surface area contributed by atoms with Crippen molar-refractivity contribution in [2.75, 3.05) is 13.1 Å². The fourth-order valence-electron chi connectivity index (χ4n) is 3.43. The van der Waals surface area contributed by atoms with Gasteiger partial charge in [0.15, 0.2) is 5.56 Å². The highest BCUT2D eigenvalue weighted by atomic mass is 16.6. The topological polar surface area (TPSA) is 118 Å². The molecule has 9 nitrogen and oxygen atoms in total. The number of piperidine rings is 1. The predicted molar refractivity (Wildman–Crippen MR) is 101 cm³/mol. The van der Waals surface area contributed by atoms with Gasteiger partial charge in [-0.25, -0.2) is 9.97 Å². The lowest BCUT2D eigenvalue weighted by molar-refractivity contribution is -0.389. The number of benzene rings is 1. The molecule has 2 aromatic heterocycles. The highest BCUT2D eigenvalue weighted by Crippen LogP contribution is 2.28. The molecule has 0 aliphatic carbocycles. The highest BCUT2D eigenvalue weighted by Gasteiger charge is 2.30. The molecule has 1 saturated heterocycles.